The minimum atomic E-state index is -3.94. The summed E-state index contributed by atoms with van der Waals surface area (Å²) in [5.74, 6) is 0.118. The molecule has 12 heteroatoms. The van der Waals surface area contributed by atoms with Crippen molar-refractivity contribution in [2.45, 2.75) is 61.6 Å². The highest BCUT2D eigenvalue weighted by Crippen LogP contribution is 2.49. The molecule has 1 aliphatic heterocycles. The maximum atomic E-state index is 16.2. The van der Waals surface area contributed by atoms with Crippen molar-refractivity contribution in [3.05, 3.63) is 29.8 Å². The Morgan fingerprint density at radius 1 is 1.26 bits per heavy atom. The number of halogens is 1. The zero-order valence-electron chi connectivity index (χ0n) is 18.7. The average molecular weight is 504 g/mol. The number of nitrogens with one attached hydrogen (secondary N) is 4. The molecular formula is C22H26FN7O2S2. The number of imidazole rings is 1. The topological polar surface area (TPSA) is 147 Å². The van der Waals surface area contributed by atoms with Crippen molar-refractivity contribution < 1.29 is 12.8 Å². The molecule has 0 amide bonds. The molecule has 3 fully saturated rings. The summed E-state index contributed by atoms with van der Waals surface area (Å²) >= 11 is 0.832. The molecule has 5 rings (SSSR count). The van der Waals surface area contributed by atoms with Crippen LogP contribution in [-0.4, -0.2) is 46.5 Å². The standard InChI is InChI=1S/C22H26FN7O2S2/c1-20(2-3-20)29-34(31,32)14-10-15(22(23)6-8-27-9-7-22)16-11-28-18(30(16)12-14)17(25)33-19(26)21(13-24)4-5-21/h10-12,25-27,29H,2-9H2,1H3. The van der Waals surface area contributed by atoms with Gasteiger partial charge in [0.05, 0.1) is 27.7 Å². The maximum absolute atomic E-state index is 16.2. The fourth-order valence-corrected chi connectivity index (χ4v) is 6.65. The van der Waals surface area contributed by atoms with Gasteiger partial charge >= 0.3 is 0 Å². The molecule has 2 aromatic heterocycles. The van der Waals surface area contributed by atoms with E-state index in [2.05, 4.69) is 21.1 Å². The van der Waals surface area contributed by atoms with Crippen LogP contribution in [0.4, 0.5) is 4.39 Å². The van der Waals surface area contributed by atoms with Gasteiger partial charge in [0.2, 0.25) is 10.0 Å². The Labute approximate surface area is 201 Å². The molecule has 0 radical (unpaired) electrons. The van der Waals surface area contributed by atoms with Crippen molar-refractivity contribution >= 4 is 37.4 Å². The minimum absolute atomic E-state index is 0.0735. The Balaban J connectivity index is 1.60. The molecule has 2 saturated carbocycles. The lowest BCUT2D eigenvalue weighted by atomic mass is 9.87. The molecule has 4 N–H and O–H groups in total. The molecule has 3 aliphatic rings. The van der Waals surface area contributed by atoms with Crippen LogP contribution < -0.4 is 10.0 Å². The summed E-state index contributed by atoms with van der Waals surface area (Å²) in [5, 5.41) is 29.3. The van der Waals surface area contributed by atoms with Gasteiger partial charge in [-0.2, -0.15) is 5.26 Å². The van der Waals surface area contributed by atoms with E-state index in [9.17, 15) is 13.7 Å². The number of nitriles is 1. The monoisotopic (exact) mass is 503 g/mol. The van der Waals surface area contributed by atoms with Crippen LogP contribution in [0.25, 0.3) is 5.52 Å². The highest BCUT2D eigenvalue weighted by molar-refractivity contribution is 8.26. The third-order valence-corrected chi connectivity index (χ3v) is 9.58. The lowest BCUT2D eigenvalue weighted by Gasteiger charge is -2.31. The summed E-state index contributed by atoms with van der Waals surface area (Å²) in [6, 6.07) is 3.54. The summed E-state index contributed by atoms with van der Waals surface area (Å²) in [7, 11) is -3.94. The molecule has 9 nitrogen and oxygen atoms in total. The highest BCUT2D eigenvalue weighted by atomic mass is 32.2. The SMILES string of the molecule is CC1(NS(=O)(=O)c2cc(C3(F)CCNCC3)c3cnc(C(=N)SC(=N)C4(C#N)CC4)n3c2)CC1. The number of alkyl halides is 1. The molecule has 0 atom stereocenters. The maximum Gasteiger partial charge on any atom is 0.242 e. The van der Waals surface area contributed by atoms with Gasteiger partial charge in [0.25, 0.3) is 0 Å². The lowest BCUT2D eigenvalue weighted by molar-refractivity contribution is 0.116. The van der Waals surface area contributed by atoms with Crippen LogP contribution >= 0.6 is 11.8 Å². The zero-order valence-corrected chi connectivity index (χ0v) is 20.4. The van der Waals surface area contributed by atoms with Crippen molar-refractivity contribution in [2.24, 2.45) is 5.41 Å². The Morgan fingerprint density at radius 2 is 1.94 bits per heavy atom. The van der Waals surface area contributed by atoms with E-state index in [4.69, 9.17) is 10.8 Å². The van der Waals surface area contributed by atoms with E-state index in [1.54, 1.807) is 0 Å². The highest BCUT2D eigenvalue weighted by Gasteiger charge is 2.48. The van der Waals surface area contributed by atoms with Gasteiger partial charge in [-0.3, -0.25) is 15.2 Å². The molecule has 2 aromatic rings. The van der Waals surface area contributed by atoms with Gasteiger partial charge in [-0.1, -0.05) is 11.8 Å². The first-order chi connectivity index (χ1) is 16.0. The van der Waals surface area contributed by atoms with E-state index in [0.29, 0.717) is 31.4 Å². The largest absolute Gasteiger partial charge is 0.316 e. The number of piperidine rings is 1. The number of hydrogen-bond acceptors (Lipinski definition) is 8. The summed E-state index contributed by atoms with van der Waals surface area (Å²) in [6.45, 7) is 2.77. The van der Waals surface area contributed by atoms with Gasteiger partial charge in [-0.25, -0.2) is 22.5 Å². The number of aromatic nitrogens is 2. The average Bonchev–Trinajstić information content (AvgIpc) is 3.70. The Bertz CT molecular complexity index is 1350. The van der Waals surface area contributed by atoms with Gasteiger partial charge in [0.15, 0.2) is 5.82 Å². The lowest BCUT2D eigenvalue weighted by Crippen LogP contribution is -2.38. The quantitative estimate of drug-likeness (QED) is 0.352. The van der Waals surface area contributed by atoms with Crippen LogP contribution in [0.1, 0.15) is 56.8 Å². The number of hydrogen-bond donors (Lipinski definition) is 4. The van der Waals surface area contributed by atoms with E-state index < -0.39 is 26.6 Å². The molecule has 0 unspecified atom stereocenters. The number of thioether (sulfide) groups is 1. The number of pyridine rings is 1. The van der Waals surface area contributed by atoms with Crippen LogP contribution in [0, 0.1) is 27.6 Å². The Hall–Kier alpha value is -2.33. The second-order valence-electron chi connectivity index (χ2n) is 9.76. The molecule has 180 valence electrons. The van der Waals surface area contributed by atoms with E-state index >= 15 is 4.39 Å². The van der Waals surface area contributed by atoms with E-state index in [1.165, 1.54) is 22.9 Å². The number of nitrogens with zero attached hydrogens (tertiary/aromatic N) is 3. The molecule has 0 aromatic carbocycles. The second kappa shape index (κ2) is 7.84. The first-order valence-electron chi connectivity index (χ1n) is 11.2. The van der Waals surface area contributed by atoms with Gasteiger partial charge in [0.1, 0.15) is 16.1 Å². The van der Waals surface area contributed by atoms with Crippen molar-refractivity contribution in [3.8, 4) is 6.07 Å². The predicted molar refractivity (Wildman–Crippen MR) is 127 cm³/mol. The first kappa shape index (κ1) is 23.4. The van der Waals surface area contributed by atoms with Crippen LogP contribution in [0.5, 0.6) is 0 Å². The van der Waals surface area contributed by atoms with Crippen molar-refractivity contribution in [3.63, 3.8) is 0 Å². The van der Waals surface area contributed by atoms with Crippen molar-refractivity contribution in [1.29, 1.82) is 16.1 Å². The number of fused-ring (bicyclic) bond motifs is 1. The van der Waals surface area contributed by atoms with Crippen LogP contribution in [-0.2, 0) is 15.7 Å². The van der Waals surface area contributed by atoms with Crippen molar-refractivity contribution in [1.82, 2.24) is 19.4 Å². The number of rotatable bonds is 6. The molecule has 3 heterocycles. The molecule has 0 bridgehead atoms. The Morgan fingerprint density at radius 3 is 2.53 bits per heavy atom. The van der Waals surface area contributed by atoms with E-state index in [0.717, 1.165) is 24.6 Å². The summed E-state index contributed by atoms with van der Waals surface area (Å²) in [5.41, 5.74) is -2.44. The van der Waals surface area contributed by atoms with Crippen LogP contribution in [0.2, 0.25) is 0 Å². The number of sulfonamides is 1. The third-order valence-electron chi connectivity index (χ3n) is 6.99. The van der Waals surface area contributed by atoms with Gasteiger partial charge in [-0.05, 0) is 64.6 Å². The molecular weight excluding hydrogens is 477 g/mol. The van der Waals surface area contributed by atoms with Gasteiger partial charge in [0, 0.05) is 17.3 Å². The molecule has 34 heavy (non-hydrogen) atoms. The third kappa shape index (κ3) is 4.04. The summed E-state index contributed by atoms with van der Waals surface area (Å²) in [4.78, 5) is 4.23. The van der Waals surface area contributed by atoms with Crippen LogP contribution in [0.15, 0.2) is 23.4 Å². The van der Waals surface area contributed by atoms with Gasteiger partial charge in [-0.15, -0.1) is 0 Å². The van der Waals surface area contributed by atoms with Crippen LogP contribution in [0.3, 0.4) is 0 Å². The molecule has 2 aliphatic carbocycles. The van der Waals surface area contributed by atoms with E-state index in [-0.39, 0.29) is 39.2 Å². The zero-order chi connectivity index (χ0) is 24.4. The van der Waals surface area contributed by atoms with Gasteiger partial charge < -0.3 is 5.32 Å². The fourth-order valence-electron chi connectivity index (χ4n) is 4.27. The first-order valence-corrected chi connectivity index (χ1v) is 13.5. The molecule has 0 spiro atoms. The van der Waals surface area contributed by atoms with E-state index in [1.807, 2.05) is 6.92 Å². The predicted octanol–water partition coefficient (Wildman–Crippen LogP) is 3.05. The normalized spacial score (nSPS) is 22.1. The second-order valence-corrected chi connectivity index (χ2v) is 12.5. The Kier molecular flexibility index (Phi) is 5.40. The molecule has 1 saturated heterocycles. The summed E-state index contributed by atoms with van der Waals surface area (Å²) in [6.07, 6.45) is 5.85. The fraction of sp³-hybridized carbons (Fsp3) is 0.545. The minimum Gasteiger partial charge on any atom is -0.316 e. The van der Waals surface area contributed by atoms with Crippen molar-refractivity contribution in [2.75, 3.05) is 13.1 Å². The smallest absolute Gasteiger partial charge is 0.242 e. The summed E-state index contributed by atoms with van der Waals surface area (Å²) < 4.78 is 46.8.